The number of cyclic esters (lactones) is 1. The molecular weight excluding hydrogens is 742 g/mol. The van der Waals surface area contributed by atoms with E-state index in [1.807, 2.05) is 19.9 Å². The monoisotopic (exact) mass is 811 g/mol. The summed E-state index contributed by atoms with van der Waals surface area (Å²) in [7, 11) is 4.77. The fraction of sp³-hybridized carbons (Fsp3) is 0.837. The number of hydrogen-bond acceptors (Lipinski definition) is 11. The van der Waals surface area contributed by atoms with Crippen molar-refractivity contribution in [1.29, 1.82) is 0 Å². The van der Waals surface area contributed by atoms with E-state index in [2.05, 4.69) is 19.9 Å². The minimum atomic E-state index is -2.30. The first kappa shape index (κ1) is 46.8. The molecule has 15 atom stereocenters. The zero-order valence-corrected chi connectivity index (χ0v) is 35.9. The van der Waals surface area contributed by atoms with E-state index in [9.17, 15) is 29.7 Å². The molecule has 2 unspecified atom stereocenters. The summed E-state index contributed by atoms with van der Waals surface area (Å²) in [5, 5.41) is 35.5. The number of aliphatic hydroxyl groups excluding tert-OH is 2. The number of ether oxygens (including phenoxy) is 5. The highest BCUT2D eigenvalue weighted by atomic mass is 35.5. The third kappa shape index (κ3) is 11.0. The first-order chi connectivity index (χ1) is 26.5. The Kier molecular flexibility index (Phi) is 17.4. The summed E-state index contributed by atoms with van der Waals surface area (Å²) in [6.45, 7) is 11.6. The number of rotatable bonds is 6. The van der Waals surface area contributed by atoms with Gasteiger partial charge in [-0.05, 0) is 100 Å². The number of carbonyl (C=O) groups excluding carboxylic acids is 3. The quantitative estimate of drug-likeness (QED) is 0.176. The van der Waals surface area contributed by atoms with Crippen molar-refractivity contribution in [3.05, 3.63) is 23.3 Å². The van der Waals surface area contributed by atoms with Crippen LogP contribution in [0, 0.1) is 29.6 Å². The van der Waals surface area contributed by atoms with Crippen molar-refractivity contribution in [2.24, 2.45) is 29.6 Å². The number of esters is 1. The second kappa shape index (κ2) is 20.9. The molecule has 4 rings (SSSR count). The fourth-order valence-corrected chi connectivity index (χ4v) is 9.87. The van der Waals surface area contributed by atoms with Crippen molar-refractivity contribution in [2.45, 2.75) is 172 Å². The molecule has 0 aromatic heterocycles. The van der Waals surface area contributed by atoms with Gasteiger partial charge in [-0.25, -0.2) is 4.79 Å². The van der Waals surface area contributed by atoms with Crippen LogP contribution in [-0.2, 0) is 38.1 Å². The number of ketones is 1. The lowest BCUT2D eigenvalue weighted by Crippen LogP contribution is -2.66. The highest BCUT2D eigenvalue weighted by Crippen LogP contribution is 2.41. The minimum Gasteiger partial charge on any atom is -0.456 e. The molecule has 0 aromatic carbocycles. The molecule has 4 aliphatic rings. The van der Waals surface area contributed by atoms with Gasteiger partial charge in [0.15, 0.2) is 11.9 Å². The van der Waals surface area contributed by atoms with E-state index in [-0.39, 0.29) is 60.8 Å². The predicted octanol–water partition coefficient (Wildman–Crippen LogP) is 5.51. The van der Waals surface area contributed by atoms with Crippen LogP contribution in [0.1, 0.15) is 112 Å². The van der Waals surface area contributed by atoms with Gasteiger partial charge in [-0.1, -0.05) is 46.8 Å². The molecule has 0 radical (unpaired) electrons. The second-order valence-corrected chi connectivity index (χ2v) is 17.8. The van der Waals surface area contributed by atoms with E-state index in [1.54, 1.807) is 35.2 Å². The lowest BCUT2D eigenvalue weighted by molar-refractivity contribution is -0.346. The molecule has 320 valence electrons. The van der Waals surface area contributed by atoms with E-state index >= 15 is 0 Å². The summed E-state index contributed by atoms with van der Waals surface area (Å²) in [5.74, 6) is -5.17. The summed E-state index contributed by atoms with van der Waals surface area (Å²) in [6.07, 6.45) is 3.61. The lowest BCUT2D eigenvalue weighted by Gasteiger charge is -2.49. The summed E-state index contributed by atoms with van der Waals surface area (Å²) < 4.78 is 30.1. The number of allylic oxidation sites excluding steroid dienone is 3. The molecule has 2 bridgehead atoms. The highest BCUT2D eigenvalue weighted by Gasteiger charge is 2.56. The Bertz CT molecular complexity index is 1390. The predicted molar refractivity (Wildman–Crippen MR) is 213 cm³/mol. The topological polar surface area (TPSA) is 161 Å². The molecule has 3 N–H and O–H groups in total. The molecule has 3 heterocycles. The Hall–Kier alpha value is -1.90. The van der Waals surface area contributed by atoms with Gasteiger partial charge in [0.1, 0.15) is 18.2 Å². The molecule has 1 aliphatic carbocycles. The lowest BCUT2D eigenvalue weighted by atomic mass is 9.81. The van der Waals surface area contributed by atoms with Crippen molar-refractivity contribution in [2.75, 3.05) is 27.9 Å². The summed E-state index contributed by atoms with van der Waals surface area (Å²) in [6, 6.07) is -1.06. The molecule has 0 aromatic rings. The molecule has 0 spiro atoms. The van der Waals surface area contributed by atoms with Crippen LogP contribution in [0.5, 0.6) is 0 Å². The molecular formula is C43H70ClNO11. The van der Waals surface area contributed by atoms with Crippen LogP contribution in [-0.4, -0.2) is 126 Å². The molecule has 3 aliphatic heterocycles. The van der Waals surface area contributed by atoms with Gasteiger partial charge in [-0.15, -0.1) is 11.6 Å². The average molecular weight is 812 g/mol. The van der Waals surface area contributed by atoms with Gasteiger partial charge in [0.05, 0.1) is 29.8 Å². The number of amides is 1. The van der Waals surface area contributed by atoms with Crippen molar-refractivity contribution < 1.29 is 53.4 Å². The maximum Gasteiger partial charge on any atom is 0.329 e. The largest absolute Gasteiger partial charge is 0.456 e. The van der Waals surface area contributed by atoms with Crippen LogP contribution in [0.2, 0.25) is 0 Å². The standard InChI is InChI=1S/C43H70ClNO11/c1-10-30-18-24(2)17-25(3)19-36(53-8)39-37(54-9)21-27(5)43(51,56-39)40(48)41(49)45-16-12-11-13-32(45)42(50)55-38(28(6)33(46)23-34(30)47)26(4)20-29-14-15-31(44)35(22-29)52-7/h18,20,24-25,27-29,31-33,35-40,46,48,51H,10-17,19,21-23H2,1-9H3/b26-20?,30-18+/t24?,25-,27+,28-,29?,31-,32-,33-,35+,36-,37-,38+,39+,40-,43+/m0/s1. The van der Waals surface area contributed by atoms with Gasteiger partial charge in [0.25, 0.3) is 5.91 Å². The number of fused-ring (bicyclic) bond motifs is 3. The van der Waals surface area contributed by atoms with Crippen LogP contribution in [0.25, 0.3) is 0 Å². The van der Waals surface area contributed by atoms with Crippen LogP contribution in [0.15, 0.2) is 23.3 Å². The maximum absolute atomic E-state index is 14.3. The minimum absolute atomic E-state index is 0.0160. The first-order valence-corrected chi connectivity index (χ1v) is 21.3. The van der Waals surface area contributed by atoms with Gasteiger partial charge >= 0.3 is 5.97 Å². The zero-order chi connectivity index (χ0) is 41.5. The van der Waals surface area contributed by atoms with E-state index in [0.717, 1.165) is 24.8 Å². The first-order valence-electron chi connectivity index (χ1n) is 20.9. The van der Waals surface area contributed by atoms with Crippen molar-refractivity contribution >= 4 is 29.3 Å². The smallest absolute Gasteiger partial charge is 0.329 e. The molecule has 12 nitrogen and oxygen atoms in total. The van der Waals surface area contributed by atoms with Gasteiger partial charge in [0.2, 0.25) is 5.79 Å². The van der Waals surface area contributed by atoms with Gasteiger partial charge < -0.3 is 43.9 Å². The third-order valence-corrected chi connectivity index (χ3v) is 13.5. The highest BCUT2D eigenvalue weighted by molar-refractivity contribution is 6.21. The van der Waals surface area contributed by atoms with Crippen molar-refractivity contribution in [3.63, 3.8) is 0 Å². The van der Waals surface area contributed by atoms with Crippen LogP contribution >= 0.6 is 11.6 Å². The van der Waals surface area contributed by atoms with Crippen molar-refractivity contribution in [3.8, 4) is 0 Å². The van der Waals surface area contributed by atoms with E-state index in [4.69, 9.17) is 35.3 Å². The molecule has 56 heavy (non-hydrogen) atoms. The van der Waals surface area contributed by atoms with Gasteiger partial charge in [0, 0.05) is 46.1 Å². The number of aliphatic hydroxyl groups is 3. The number of nitrogens with zero attached hydrogens (tertiary/aromatic N) is 1. The van der Waals surface area contributed by atoms with Gasteiger partial charge in [-0.2, -0.15) is 0 Å². The molecule has 1 saturated carbocycles. The average Bonchev–Trinajstić information content (AvgIpc) is 3.18. The third-order valence-electron chi connectivity index (χ3n) is 13.0. The second-order valence-electron chi connectivity index (χ2n) is 17.2. The Morgan fingerprint density at radius 1 is 0.946 bits per heavy atom. The summed E-state index contributed by atoms with van der Waals surface area (Å²) >= 11 is 6.53. The number of alkyl halides is 1. The normalized spacial score (nSPS) is 42.9. The van der Waals surface area contributed by atoms with Crippen LogP contribution < -0.4 is 0 Å². The van der Waals surface area contributed by atoms with Gasteiger partial charge in [-0.3, -0.25) is 9.59 Å². The Balaban J connectivity index is 1.76. The number of Topliss-reactive ketones (excluding diaryl/α,β-unsaturated/α-hetero) is 1. The Morgan fingerprint density at radius 3 is 2.25 bits per heavy atom. The number of piperidine rings is 1. The Labute approximate surface area is 339 Å². The van der Waals surface area contributed by atoms with Crippen LogP contribution in [0.4, 0.5) is 0 Å². The molecule has 1 amide bonds. The van der Waals surface area contributed by atoms with E-state index < -0.39 is 72.2 Å². The number of hydrogen-bond donors (Lipinski definition) is 3. The van der Waals surface area contributed by atoms with E-state index in [0.29, 0.717) is 37.7 Å². The zero-order valence-electron chi connectivity index (χ0n) is 35.2. The fourth-order valence-electron chi connectivity index (χ4n) is 9.54. The van der Waals surface area contributed by atoms with Crippen molar-refractivity contribution in [1.82, 2.24) is 4.90 Å². The molecule has 2 saturated heterocycles. The number of carbonyl (C=O) groups is 3. The van der Waals surface area contributed by atoms with E-state index in [1.165, 1.54) is 4.90 Å². The summed E-state index contributed by atoms with van der Waals surface area (Å²) in [4.78, 5) is 43.7. The van der Waals surface area contributed by atoms with Crippen LogP contribution in [0.3, 0.4) is 0 Å². The summed E-state index contributed by atoms with van der Waals surface area (Å²) in [5.41, 5.74) is 1.35. The SMILES string of the molecule is CC/C1=C\C(C)C[C@H](C)C[C@H](OC)[C@H]2O[C@](O)([C@H](C)C[C@@H]2OC)[C@@H](O)C(=O)N2CCCC[C@H]2C(=O)O[C@H](C(C)=CC2CC[C@H](Cl)[C@H](OC)C2)[C@@H](C)[C@@H](O)CC1=O. The molecule has 13 heteroatoms. The molecule has 3 fully saturated rings. The Morgan fingerprint density at radius 2 is 1.61 bits per heavy atom. The number of methoxy groups -OCH3 is 3. The maximum atomic E-state index is 14.3. The number of halogens is 1.